The quantitative estimate of drug-likeness (QED) is 0.639. The van der Waals surface area contributed by atoms with E-state index in [2.05, 4.69) is 25.7 Å². The normalized spacial score (nSPS) is 11.4. The lowest BCUT2D eigenvalue weighted by molar-refractivity contribution is 0.470. The van der Waals surface area contributed by atoms with Gasteiger partial charge >= 0.3 is 0 Å². The summed E-state index contributed by atoms with van der Waals surface area (Å²) < 4.78 is 0. The van der Waals surface area contributed by atoms with Crippen LogP contribution in [-0.2, 0) is 0 Å². The van der Waals surface area contributed by atoms with Crippen LogP contribution in [0.5, 0.6) is 0 Å². The maximum atomic E-state index is 7.62. The van der Waals surface area contributed by atoms with Gasteiger partial charge in [0.1, 0.15) is 5.84 Å². The summed E-state index contributed by atoms with van der Waals surface area (Å²) in [5, 5.41) is 8.22. The number of nitrogens with two attached hydrogens (primary N) is 1. The molecule has 3 N–H and O–H groups in total. The molecule has 0 aromatic heterocycles. The maximum absolute atomic E-state index is 7.62. The van der Waals surface area contributed by atoms with E-state index in [9.17, 15) is 0 Å². The van der Waals surface area contributed by atoms with Crippen LogP contribution in [0.25, 0.3) is 0 Å². The average Bonchev–Trinajstić information content (AvgIpc) is 2.28. The van der Waals surface area contributed by atoms with Crippen molar-refractivity contribution in [2.45, 2.75) is 32.7 Å². The van der Waals surface area contributed by atoms with E-state index >= 15 is 0 Å². The molecule has 1 rings (SSSR count). The van der Waals surface area contributed by atoms with Crippen molar-refractivity contribution in [2.24, 2.45) is 5.73 Å². The van der Waals surface area contributed by atoms with Crippen LogP contribution >= 0.6 is 11.6 Å². The van der Waals surface area contributed by atoms with Crippen LogP contribution < -0.4 is 10.6 Å². The van der Waals surface area contributed by atoms with Gasteiger partial charge in [-0.2, -0.15) is 0 Å². The smallest absolute Gasteiger partial charge is 0.124 e. The molecular formula is C13H20ClN3. The molecule has 0 bridgehead atoms. The number of anilines is 1. The van der Waals surface area contributed by atoms with Crippen LogP contribution in [0.1, 0.15) is 32.8 Å². The van der Waals surface area contributed by atoms with Crippen molar-refractivity contribution in [3.05, 3.63) is 28.8 Å². The van der Waals surface area contributed by atoms with Crippen molar-refractivity contribution < 1.29 is 0 Å². The fourth-order valence-corrected chi connectivity index (χ4v) is 1.75. The minimum Gasteiger partial charge on any atom is -0.384 e. The second-order valence-electron chi connectivity index (χ2n) is 4.80. The first-order valence-corrected chi connectivity index (χ1v) is 6.05. The Labute approximate surface area is 108 Å². The molecule has 0 heterocycles. The number of nitrogen functional groups attached to an aromatic ring is 1. The summed E-state index contributed by atoms with van der Waals surface area (Å²) in [6.07, 6.45) is 1.00. The van der Waals surface area contributed by atoms with Crippen molar-refractivity contribution in [3.63, 3.8) is 0 Å². The number of amidine groups is 1. The molecular weight excluding hydrogens is 234 g/mol. The molecule has 0 atom stereocenters. The van der Waals surface area contributed by atoms with E-state index in [1.165, 1.54) is 0 Å². The molecule has 94 valence electrons. The molecule has 0 unspecified atom stereocenters. The van der Waals surface area contributed by atoms with Crippen LogP contribution in [0.15, 0.2) is 18.2 Å². The summed E-state index contributed by atoms with van der Waals surface area (Å²) >= 11 is 5.94. The molecule has 0 spiro atoms. The maximum Gasteiger partial charge on any atom is 0.124 e. The third kappa shape index (κ3) is 2.91. The molecule has 0 fully saturated rings. The summed E-state index contributed by atoms with van der Waals surface area (Å²) in [4.78, 5) is 2.14. The summed E-state index contributed by atoms with van der Waals surface area (Å²) in [5.41, 5.74) is 7.24. The van der Waals surface area contributed by atoms with Crippen LogP contribution in [0.4, 0.5) is 5.69 Å². The SMILES string of the molecule is CCC(C)(C)N(C)c1ccc(Cl)cc1C(=N)N. The number of nitrogens with zero attached hydrogens (tertiary/aromatic N) is 1. The summed E-state index contributed by atoms with van der Waals surface area (Å²) in [6, 6.07) is 5.48. The molecule has 1 aromatic carbocycles. The summed E-state index contributed by atoms with van der Waals surface area (Å²) in [7, 11) is 2.01. The molecule has 0 aliphatic rings. The van der Waals surface area contributed by atoms with Gasteiger partial charge in [0.15, 0.2) is 0 Å². The predicted octanol–water partition coefficient (Wildman–Crippen LogP) is 3.25. The van der Waals surface area contributed by atoms with Crippen molar-refractivity contribution in [1.82, 2.24) is 0 Å². The highest BCUT2D eigenvalue weighted by Gasteiger charge is 2.23. The molecule has 3 nitrogen and oxygen atoms in total. The van der Waals surface area contributed by atoms with Gasteiger partial charge < -0.3 is 10.6 Å². The van der Waals surface area contributed by atoms with Gasteiger partial charge in [-0.25, -0.2) is 0 Å². The molecule has 1 aromatic rings. The van der Waals surface area contributed by atoms with E-state index in [-0.39, 0.29) is 11.4 Å². The second kappa shape index (κ2) is 4.96. The lowest BCUT2D eigenvalue weighted by atomic mass is 9.98. The van der Waals surface area contributed by atoms with Gasteiger partial charge in [0.05, 0.1) is 0 Å². The fourth-order valence-electron chi connectivity index (χ4n) is 1.58. The molecule has 0 saturated heterocycles. The molecule has 4 heteroatoms. The van der Waals surface area contributed by atoms with Crippen molar-refractivity contribution in [2.75, 3.05) is 11.9 Å². The molecule has 0 aliphatic carbocycles. The molecule has 0 amide bonds. The summed E-state index contributed by atoms with van der Waals surface area (Å²) in [5.74, 6) is 0.0428. The van der Waals surface area contributed by atoms with E-state index in [0.717, 1.165) is 12.1 Å². The van der Waals surface area contributed by atoms with Gasteiger partial charge in [-0.1, -0.05) is 18.5 Å². The van der Waals surface area contributed by atoms with Crippen molar-refractivity contribution in [3.8, 4) is 0 Å². The largest absolute Gasteiger partial charge is 0.384 e. The summed E-state index contributed by atoms with van der Waals surface area (Å²) in [6.45, 7) is 6.46. The van der Waals surface area contributed by atoms with E-state index in [1.54, 1.807) is 6.07 Å². The predicted molar refractivity (Wildman–Crippen MR) is 75.2 cm³/mol. The Bertz CT molecular complexity index is 427. The van der Waals surface area contributed by atoms with E-state index in [1.807, 2.05) is 19.2 Å². The van der Waals surface area contributed by atoms with Gasteiger partial charge in [0, 0.05) is 28.9 Å². The van der Waals surface area contributed by atoms with Gasteiger partial charge in [-0.3, -0.25) is 5.41 Å². The van der Waals surface area contributed by atoms with Gasteiger partial charge in [0.25, 0.3) is 0 Å². The topological polar surface area (TPSA) is 53.1 Å². The zero-order valence-electron chi connectivity index (χ0n) is 10.8. The fraction of sp³-hybridized carbons (Fsp3) is 0.462. The highest BCUT2D eigenvalue weighted by atomic mass is 35.5. The first-order valence-electron chi connectivity index (χ1n) is 5.67. The Morgan fingerprint density at radius 1 is 1.47 bits per heavy atom. The Morgan fingerprint density at radius 2 is 2.06 bits per heavy atom. The molecule has 17 heavy (non-hydrogen) atoms. The zero-order valence-corrected chi connectivity index (χ0v) is 11.6. The minimum atomic E-state index is 0.0119. The van der Waals surface area contributed by atoms with Crippen molar-refractivity contribution >= 4 is 23.1 Å². The first-order chi connectivity index (χ1) is 7.79. The van der Waals surface area contributed by atoms with Crippen molar-refractivity contribution in [1.29, 1.82) is 5.41 Å². The van der Waals surface area contributed by atoms with E-state index in [4.69, 9.17) is 22.7 Å². The number of rotatable bonds is 4. The lowest BCUT2D eigenvalue weighted by Gasteiger charge is -2.37. The number of hydrogen-bond acceptors (Lipinski definition) is 2. The Balaban J connectivity index is 3.26. The Kier molecular flexibility index (Phi) is 4.04. The monoisotopic (exact) mass is 253 g/mol. The van der Waals surface area contributed by atoms with Gasteiger partial charge in [0.2, 0.25) is 0 Å². The lowest BCUT2D eigenvalue weighted by Crippen LogP contribution is -2.41. The number of halogens is 1. The third-order valence-electron chi connectivity index (χ3n) is 3.38. The highest BCUT2D eigenvalue weighted by Crippen LogP contribution is 2.29. The third-order valence-corrected chi connectivity index (χ3v) is 3.62. The highest BCUT2D eigenvalue weighted by molar-refractivity contribution is 6.31. The average molecular weight is 254 g/mol. The second-order valence-corrected chi connectivity index (χ2v) is 5.24. The Morgan fingerprint density at radius 3 is 2.53 bits per heavy atom. The number of benzene rings is 1. The first kappa shape index (κ1) is 13.8. The van der Waals surface area contributed by atoms with Crippen LogP contribution in [0.2, 0.25) is 5.02 Å². The van der Waals surface area contributed by atoms with Crippen LogP contribution in [0, 0.1) is 5.41 Å². The number of hydrogen-bond donors (Lipinski definition) is 2. The van der Waals surface area contributed by atoms with E-state index in [0.29, 0.717) is 10.6 Å². The standard InChI is InChI=1S/C13H20ClN3/c1-5-13(2,3)17(4)11-7-6-9(14)8-10(11)12(15)16/h6-8H,5H2,1-4H3,(H3,15,16). The Hall–Kier alpha value is -1.22. The van der Waals surface area contributed by atoms with Crippen LogP contribution in [-0.4, -0.2) is 18.4 Å². The number of nitrogens with one attached hydrogen (secondary N) is 1. The molecule has 0 radical (unpaired) electrons. The van der Waals surface area contributed by atoms with E-state index < -0.39 is 0 Å². The molecule has 0 aliphatic heterocycles. The van der Waals surface area contributed by atoms with Crippen LogP contribution in [0.3, 0.4) is 0 Å². The van der Waals surface area contributed by atoms with Gasteiger partial charge in [-0.15, -0.1) is 0 Å². The minimum absolute atomic E-state index is 0.0119. The molecule has 0 saturated carbocycles. The van der Waals surface area contributed by atoms with Gasteiger partial charge in [-0.05, 0) is 38.5 Å². The zero-order chi connectivity index (χ0) is 13.2.